The van der Waals surface area contributed by atoms with Gasteiger partial charge in [0.2, 0.25) is 0 Å². The molecule has 0 aliphatic heterocycles. The van der Waals surface area contributed by atoms with Crippen molar-refractivity contribution in [2.45, 2.75) is 25.7 Å². The summed E-state index contributed by atoms with van der Waals surface area (Å²) in [5, 5.41) is 4.01. The Bertz CT molecular complexity index is 1410. The predicted molar refractivity (Wildman–Crippen MR) is 150 cm³/mol. The van der Waals surface area contributed by atoms with Gasteiger partial charge in [0.05, 0.1) is 44.2 Å². The van der Waals surface area contributed by atoms with Crippen LogP contribution in [0, 0.1) is 6.92 Å². The van der Waals surface area contributed by atoms with E-state index >= 15 is 0 Å². The molecular formula is C28H33N3O7S. The van der Waals surface area contributed by atoms with Gasteiger partial charge in [0.1, 0.15) is 18.0 Å². The van der Waals surface area contributed by atoms with Crippen LogP contribution in [0.5, 0.6) is 23.0 Å². The smallest absolute Gasteiger partial charge is 0.264 e. The van der Waals surface area contributed by atoms with Crippen molar-refractivity contribution in [2.75, 3.05) is 38.3 Å². The molecule has 0 saturated heterocycles. The molecule has 0 heterocycles. The Labute approximate surface area is 229 Å². The Hall–Kier alpha value is -4.25. The van der Waals surface area contributed by atoms with E-state index in [0.29, 0.717) is 36.0 Å². The van der Waals surface area contributed by atoms with Gasteiger partial charge < -0.3 is 18.9 Å². The summed E-state index contributed by atoms with van der Waals surface area (Å²) < 4.78 is 50.3. The number of anilines is 1. The molecule has 10 nitrogen and oxygen atoms in total. The van der Waals surface area contributed by atoms with Crippen LogP contribution >= 0.6 is 0 Å². The average molecular weight is 556 g/mol. The Morgan fingerprint density at radius 2 is 1.56 bits per heavy atom. The molecule has 0 aliphatic rings. The molecule has 0 fully saturated rings. The van der Waals surface area contributed by atoms with Gasteiger partial charge in [0.15, 0.2) is 11.5 Å². The fourth-order valence-corrected chi connectivity index (χ4v) is 5.04. The van der Waals surface area contributed by atoms with Crippen LogP contribution in [0.2, 0.25) is 0 Å². The van der Waals surface area contributed by atoms with Crippen molar-refractivity contribution in [3.63, 3.8) is 0 Å². The van der Waals surface area contributed by atoms with Gasteiger partial charge >= 0.3 is 0 Å². The first-order valence-corrected chi connectivity index (χ1v) is 13.7. The van der Waals surface area contributed by atoms with Gasteiger partial charge in [-0.3, -0.25) is 9.10 Å². The zero-order valence-corrected chi connectivity index (χ0v) is 23.4. The molecule has 3 aromatic rings. The van der Waals surface area contributed by atoms with Crippen LogP contribution in [-0.4, -0.2) is 54.5 Å². The number of rotatable bonds is 13. The maximum atomic E-state index is 13.7. The monoisotopic (exact) mass is 555 g/mol. The Morgan fingerprint density at radius 1 is 0.897 bits per heavy atom. The number of ether oxygens (including phenoxy) is 4. The number of hydrogen-bond donors (Lipinski definition) is 1. The van der Waals surface area contributed by atoms with Gasteiger partial charge in [-0.05, 0) is 68.8 Å². The highest BCUT2D eigenvalue weighted by atomic mass is 32.2. The first-order valence-electron chi connectivity index (χ1n) is 12.3. The second-order valence-corrected chi connectivity index (χ2v) is 10.1. The second kappa shape index (κ2) is 13.5. The lowest BCUT2D eigenvalue weighted by molar-refractivity contribution is -0.119. The SMILES string of the molecule is CCOc1ccc(/C=N\NC(=O)CN(c2cc(OC)ccc2OC)S(=O)(=O)c2ccc(C)cc2)cc1OCC. The van der Waals surface area contributed by atoms with Gasteiger partial charge in [-0.2, -0.15) is 5.10 Å². The molecule has 0 atom stereocenters. The van der Waals surface area contributed by atoms with E-state index in [1.807, 2.05) is 20.8 Å². The van der Waals surface area contributed by atoms with Crippen LogP contribution in [0.15, 0.2) is 70.7 Å². The Morgan fingerprint density at radius 3 is 2.21 bits per heavy atom. The number of hydrogen-bond acceptors (Lipinski definition) is 8. The van der Waals surface area contributed by atoms with Crippen molar-refractivity contribution in [3.05, 3.63) is 71.8 Å². The molecule has 11 heteroatoms. The summed E-state index contributed by atoms with van der Waals surface area (Å²) in [4.78, 5) is 13.0. The van der Waals surface area contributed by atoms with Crippen LogP contribution in [0.1, 0.15) is 25.0 Å². The number of sulfonamides is 1. The third kappa shape index (κ3) is 7.41. The molecule has 208 valence electrons. The topological polar surface area (TPSA) is 116 Å². The minimum Gasteiger partial charge on any atom is -0.497 e. The minimum absolute atomic E-state index is 0.0205. The van der Waals surface area contributed by atoms with E-state index in [9.17, 15) is 13.2 Å². The molecular weight excluding hydrogens is 522 g/mol. The van der Waals surface area contributed by atoms with Crippen molar-refractivity contribution in [3.8, 4) is 23.0 Å². The summed E-state index contributed by atoms with van der Waals surface area (Å²) in [5.74, 6) is 1.14. The quantitative estimate of drug-likeness (QED) is 0.249. The highest BCUT2D eigenvalue weighted by Gasteiger charge is 2.30. The number of carbonyl (C=O) groups excluding carboxylic acids is 1. The lowest BCUT2D eigenvalue weighted by Gasteiger charge is -2.25. The van der Waals surface area contributed by atoms with Crippen molar-refractivity contribution in [1.29, 1.82) is 0 Å². The Kier molecular flexibility index (Phi) is 10.2. The molecule has 0 saturated carbocycles. The van der Waals surface area contributed by atoms with E-state index in [-0.39, 0.29) is 16.3 Å². The molecule has 1 amide bonds. The molecule has 0 aromatic heterocycles. The summed E-state index contributed by atoms with van der Waals surface area (Å²) in [5.41, 5.74) is 4.09. The van der Waals surface area contributed by atoms with E-state index in [1.165, 1.54) is 38.6 Å². The predicted octanol–water partition coefficient (Wildman–Crippen LogP) is 4.16. The molecule has 0 spiro atoms. The Balaban J connectivity index is 1.89. The fourth-order valence-electron chi connectivity index (χ4n) is 3.62. The number of benzene rings is 3. The number of methoxy groups -OCH3 is 2. The summed E-state index contributed by atoms with van der Waals surface area (Å²) in [6, 6.07) is 16.3. The van der Waals surface area contributed by atoms with E-state index in [1.54, 1.807) is 42.5 Å². The summed E-state index contributed by atoms with van der Waals surface area (Å²) in [6.07, 6.45) is 1.43. The summed E-state index contributed by atoms with van der Waals surface area (Å²) in [7, 11) is -1.29. The molecule has 3 rings (SSSR count). The number of nitrogens with one attached hydrogen (secondary N) is 1. The van der Waals surface area contributed by atoms with E-state index < -0.39 is 22.5 Å². The van der Waals surface area contributed by atoms with Gasteiger partial charge in [-0.15, -0.1) is 0 Å². The molecule has 1 N–H and O–H groups in total. The van der Waals surface area contributed by atoms with Gasteiger partial charge in [-0.25, -0.2) is 13.8 Å². The van der Waals surface area contributed by atoms with Gasteiger partial charge in [-0.1, -0.05) is 17.7 Å². The molecule has 0 radical (unpaired) electrons. The molecule has 0 unspecified atom stereocenters. The lowest BCUT2D eigenvalue weighted by atomic mass is 10.2. The van der Waals surface area contributed by atoms with Crippen LogP contribution < -0.4 is 28.7 Å². The zero-order chi connectivity index (χ0) is 28.4. The number of amides is 1. The van der Waals surface area contributed by atoms with Gasteiger partial charge in [0, 0.05) is 6.07 Å². The summed E-state index contributed by atoms with van der Waals surface area (Å²) >= 11 is 0. The number of aryl methyl sites for hydroxylation is 1. The maximum absolute atomic E-state index is 13.7. The highest BCUT2D eigenvalue weighted by molar-refractivity contribution is 7.92. The number of nitrogens with zero attached hydrogens (tertiary/aromatic N) is 2. The molecule has 0 bridgehead atoms. The average Bonchev–Trinajstić information content (AvgIpc) is 2.93. The van der Waals surface area contributed by atoms with E-state index in [2.05, 4.69) is 10.5 Å². The third-order valence-electron chi connectivity index (χ3n) is 5.52. The lowest BCUT2D eigenvalue weighted by Crippen LogP contribution is -2.39. The molecule has 3 aromatic carbocycles. The normalized spacial score (nSPS) is 11.2. The molecule has 39 heavy (non-hydrogen) atoms. The fraction of sp³-hybridized carbons (Fsp3) is 0.286. The standard InChI is InChI=1S/C28H33N3O7S/c1-6-37-26-14-10-21(16-27(26)38-7-2)18-29-30-28(32)19-31(24-17-22(35-4)11-15-25(24)36-5)39(33,34)23-12-8-20(3)9-13-23/h8-18H,6-7,19H2,1-5H3,(H,30,32)/b29-18-. The second-order valence-electron chi connectivity index (χ2n) is 8.23. The van der Waals surface area contributed by atoms with Gasteiger partial charge in [0.25, 0.3) is 15.9 Å². The van der Waals surface area contributed by atoms with Crippen LogP contribution in [0.25, 0.3) is 0 Å². The summed E-state index contributed by atoms with van der Waals surface area (Å²) in [6.45, 7) is 5.98. The maximum Gasteiger partial charge on any atom is 0.264 e. The first-order chi connectivity index (χ1) is 18.7. The van der Waals surface area contributed by atoms with E-state index in [0.717, 1.165) is 9.87 Å². The number of carbonyl (C=O) groups is 1. The zero-order valence-electron chi connectivity index (χ0n) is 22.6. The largest absolute Gasteiger partial charge is 0.497 e. The van der Waals surface area contributed by atoms with Crippen LogP contribution in [-0.2, 0) is 14.8 Å². The van der Waals surface area contributed by atoms with Crippen LogP contribution in [0.4, 0.5) is 5.69 Å². The van der Waals surface area contributed by atoms with Crippen molar-refractivity contribution < 1.29 is 32.2 Å². The van der Waals surface area contributed by atoms with Crippen molar-refractivity contribution in [2.24, 2.45) is 5.10 Å². The van der Waals surface area contributed by atoms with Crippen LogP contribution in [0.3, 0.4) is 0 Å². The first kappa shape index (κ1) is 29.3. The number of hydrazone groups is 1. The van der Waals surface area contributed by atoms with Crippen molar-refractivity contribution in [1.82, 2.24) is 5.43 Å². The minimum atomic E-state index is -4.17. The highest BCUT2D eigenvalue weighted by Crippen LogP contribution is 2.35. The molecule has 0 aliphatic carbocycles. The third-order valence-corrected chi connectivity index (χ3v) is 7.30. The van der Waals surface area contributed by atoms with E-state index in [4.69, 9.17) is 18.9 Å². The van der Waals surface area contributed by atoms with Crippen molar-refractivity contribution >= 4 is 27.8 Å².